The van der Waals surface area contributed by atoms with Gasteiger partial charge in [0.25, 0.3) is 0 Å². The third-order valence-electron chi connectivity index (χ3n) is 3.03. The van der Waals surface area contributed by atoms with E-state index in [1.54, 1.807) is 0 Å². The van der Waals surface area contributed by atoms with Crippen LogP contribution in [0.3, 0.4) is 0 Å². The average molecular weight is 252 g/mol. The summed E-state index contributed by atoms with van der Waals surface area (Å²) in [4.78, 5) is 2.39. The number of nitrogens with one attached hydrogen (secondary N) is 1. The van der Waals surface area contributed by atoms with Crippen LogP contribution in [0.15, 0.2) is 16.7 Å². The first-order valence-electron chi connectivity index (χ1n) is 6.87. The van der Waals surface area contributed by atoms with E-state index in [1.165, 1.54) is 5.56 Å². The fraction of sp³-hybridized carbons (Fsp3) is 0.733. The molecule has 0 bridgehead atoms. The molecule has 3 heteroatoms. The lowest BCUT2D eigenvalue weighted by Gasteiger charge is -2.23. The molecule has 104 valence electrons. The molecule has 1 N–H and O–H groups in total. The molecule has 0 unspecified atom stereocenters. The first-order valence-corrected chi connectivity index (χ1v) is 6.87. The molecule has 18 heavy (non-hydrogen) atoms. The third kappa shape index (κ3) is 5.23. The van der Waals surface area contributed by atoms with Crippen molar-refractivity contribution in [1.29, 1.82) is 0 Å². The summed E-state index contributed by atoms with van der Waals surface area (Å²) in [7, 11) is 0. The van der Waals surface area contributed by atoms with Gasteiger partial charge in [0.05, 0.1) is 12.8 Å². The predicted octanol–water partition coefficient (Wildman–Crippen LogP) is 3.40. The lowest BCUT2D eigenvalue weighted by molar-refractivity contribution is 0.207. The summed E-state index contributed by atoms with van der Waals surface area (Å²) in [5, 5.41) is 3.47. The number of nitrogens with zero attached hydrogens (tertiary/aromatic N) is 1. The van der Waals surface area contributed by atoms with Crippen LogP contribution in [-0.2, 0) is 13.1 Å². The summed E-state index contributed by atoms with van der Waals surface area (Å²) in [5.74, 6) is 1.05. The lowest BCUT2D eigenvalue weighted by Crippen LogP contribution is -2.34. The minimum atomic E-state index is 0.144. The molecule has 1 aromatic heterocycles. The van der Waals surface area contributed by atoms with E-state index < -0.39 is 0 Å². The highest BCUT2D eigenvalue weighted by Crippen LogP contribution is 2.13. The average Bonchev–Trinajstić information content (AvgIpc) is 2.69. The molecule has 1 heterocycles. The summed E-state index contributed by atoms with van der Waals surface area (Å²) in [5.41, 5.74) is 1.37. The Morgan fingerprint density at radius 3 is 2.50 bits per heavy atom. The molecule has 0 spiro atoms. The van der Waals surface area contributed by atoms with Crippen molar-refractivity contribution < 1.29 is 4.42 Å². The summed E-state index contributed by atoms with van der Waals surface area (Å²) in [6.07, 6.45) is 1.86. The number of hydrogen-bond donors (Lipinski definition) is 1. The zero-order valence-electron chi connectivity index (χ0n) is 12.7. The van der Waals surface area contributed by atoms with Gasteiger partial charge in [0.1, 0.15) is 5.76 Å². The Morgan fingerprint density at radius 2 is 2.00 bits per heavy atom. The topological polar surface area (TPSA) is 28.4 Å². The molecule has 0 aliphatic rings. The summed E-state index contributed by atoms with van der Waals surface area (Å²) in [6.45, 7) is 15.9. The van der Waals surface area contributed by atoms with E-state index in [0.29, 0.717) is 6.04 Å². The van der Waals surface area contributed by atoms with E-state index in [0.717, 1.165) is 25.4 Å². The molecular weight excluding hydrogens is 224 g/mol. The first kappa shape index (κ1) is 15.3. The van der Waals surface area contributed by atoms with Gasteiger partial charge in [-0.15, -0.1) is 0 Å². The van der Waals surface area contributed by atoms with Gasteiger partial charge in [0.2, 0.25) is 0 Å². The second-order valence-electron chi connectivity index (χ2n) is 6.18. The number of furan rings is 1. The van der Waals surface area contributed by atoms with Crippen LogP contribution in [0.5, 0.6) is 0 Å². The maximum atomic E-state index is 5.63. The maximum Gasteiger partial charge on any atom is 0.118 e. The Hall–Kier alpha value is -0.800. The highest BCUT2D eigenvalue weighted by atomic mass is 16.3. The second-order valence-corrected chi connectivity index (χ2v) is 6.18. The van der Waals surface area contributed by atoms with E-state index in [-0.39, 0.29) is 5.54 Å². The molecule has 0 saturated heterocycles. The van der Waals surface area contributed by atoms with Crippen LogP contribution in [0, 0.1) is 0 Å². The number of hydrogen-bond acceptors (Lipinski definition) is 3. The zero-order chi connectivity index (χ0) is 13.8. The molecule has 0 atom stereocenters. The normalized spacial score (nSPS) is 12.7. The third-order valence-corrected chi connectivity index (χ3v) is 3.03. The van der Waals surface area contributed by atoms with Crippen LogP contribution >= 0.6 is 0 Å². The van der Waals surface area contributed by atoms with Gasteiger partial charge < -0.3 is 9.73 Å². The first-order chi connectivity index (χ1) is 8.31. The Kier molecular flexibility index (Phi) is 5.42. The molecule has 1 rings (SSSR count). The Labute approximate surface area is 112 Å². The zero-order valence-corrected chi connectivity index (χ0v) is 12.7. The molecule has 0 aliphatic carbocycles. The van der Waals surface area contributed by atoms with Gasteiger partial charge in [0, 0.05) is 23.7 Å². The van der Waals surface area contributed by atoms with E-state index in [4.69, 9.17) is 4.42 Å². The van der Waals surface area contributed by atoms with Crippen molar-refractivity contribution in [2.45, 2.75) is 66.2 Å². The van der Waals surface area contributed by atoms with Crippen molar-refractivity contribution in [1.82, 2.24) is 10.2 Å². The van der Waals surface area contributed by atoms with E-state index in [9.17, 15) is 0 Å². The van der Waals surface area contributed by atoms with E-state index >= 15 is 0 Å². The number of rotatable bonds is 6. The highest BCUT2D eigenvalue weighted by molar-refractivity contribution is 5.13. The van der Waals surface area contributed by atoms with Gasteiger partial charge in [-0.3, -0.25) is 4.90 Å². The Balaban J connectivity index is 2.52. The molecule has 0 aromatic carbocycles. The molecule has 0 amide bonds. The van der Waals surface area contributed by atoms with Crippen LogP contribution in [-0.4, -0.2) is 23.0 Å². The van der Waals surface area contributed by atoms with Gasteiger partial charge in [-0.05, 0) is 47.2 Å². The fourth-order valence-electron chi connectivity index (χ4n) is 1.83. The predicted molar refractivity (Wildman–Crippen MR) is 76.5 cm³/mol. The molecule has 3 nitrogen and oxygen atoms in total. The van der Waals surface area contributed by atoms with E-state index in [1.807, 2.05) is 6.26 Å². The minimum absolute atomic E-state index is 0.144. The van der Waals surface area contributed by atoms with Gasteiger partial charge >= 0.3 is 0 Å². The lowest BCUT2D eigenvalue weighted by atomic mass is 10.1. The van der Waals surface area contributed by atoms with Gasteiger partial charge in [0.15, 0.2) is 0 Å². The quantitative estimate of drug-likeness (QED) is 0.841. The van der Waals surface area contributed by atoms with Crippen molar-refractivity contribution in [3.63, 3.8) is 0 Å². The van der Waals surface area contributed by atoms with Gasteiger partial charge in [-0.25, -0.2) is 0 Å². The van der Waals surface area contributed by atoms with Crippen LogP contribution < -0.4 is 5.32 Å². The smallest absolute Gasteiger partial charge is 0.118 e. The summed E-state index contributed by atoms with van der Waals surface area (Å²) >= 11 is 0. The van der Waals surface area contributed by atoms with Crippen molar-refractivity contribution in [2.75, 3.05) is 6.54 Å². The molecular formula is C15H28N2O. The second kappa shape index (κ2) is 6.39. The Bertz CT molecular complexity index is 350. The van der Waals surface area contributed by atoms with Crippen LogP contribution in [0.4, 0.5) is 0 Å². The maximum absolute atomic E-state index is 5.63. The van der Waals surface area contributed by atoms with Gasteiger partial charge in [-0.2, -0.15) is 0 Å². The Morgan fingerprint density at radius 1 is 1.33 bits per heavy atom. The van der Waals surface area contributed by atoms with Crippen molar-refractivity contribution in [3.05, 3.63) is 23.7 Å². The van der Waals surface area contributed by atoms with Crippen molar-refractivity contribution in [2.24, 2.45) is 0 Å². The SMILES string of the molecule is CCN(Cc1cc(CNC(C)(C)C)co1)C(C)C. The molecule has 0 saturated carbocycles. The van der Waals surface area contributed by atoms with E-state index in [2.05, 4.69) is 57.8 Å². The monoisotopic (exact) mass is 252 g/mol. The largest absolute Gasteiger partial charge is 0.468 e. The standard InChI is InChI=1S/C15H28N2O/c1-7-17(12(2)3)10-14-8-13(11-18-14)9-16-15(4,5)6/h8,11-12,16H,7,9-10H2,1-6H3. The van der Waals surface area contributed by atoms with Crippen LogP contribution in [0.2, 0.25) is 0 Å². The molecule has 0 aliphatic heterocycles. The summed E-state index contributed by atoms with van der Waals surface area (Å²) in [6, 6.07) is 2.71. The van der Waals surface area contributed by atoms with Crippen LogP contribution in [0.1, 0.15) is 52.9 Å². The molecule has 1 aromatic rings. The molecule has 0 radical (unpaired) electrons. The van der Waals surface area contributed by atoms with Gasteiger partial charge in [-0.1, -0.05) is 6.92 Å². The minimum Gasteiger partial charge on any atom is -0.468 e. The van der Waals surface area contributed by atoms with Crippen molar-refractivity contribution in [3.8, 4) is 0 Å². The van der Waals surface area contributed by atoms with Crippen LogP contribution in [0.25, 0.3) is 0 Å². The highest BCUT2D eigenvalue weighted by Gasteiger charge is 2.12. The summed E-state index contributed by atoms with van der Waals surface area (Å²) < 4.78 is 5.63. The fourth-order valence-corrected chi connectivity index (χ4v) is 1.83. The van der Waals surface area contributed by atoms with Crippen molar-refractivity contribution >= 4 is 0 Å². The molecule has 0 fully saturated rings.